The predicted octanol–water partition coefficient (Wildman–Crippen LogP) is 4.47. The Labute approximate surface area is 115 Å². The molecule has 0 N–H and O–H groups in total. The highest BCUT2D eigenvalue weighted by Gasteiger charge is 2.07. The Morgan fingerprint density at radius 1 is 1.11 bits per heavy atom. The first-order valence-corrected chi connectivity index (χ1v) is 6.40. The molecule has 0 saturated carbocycles. The molecule has 1 nitrogen and oxygen atoms in total. The summed E-state index contributed by atoms with van der Waals surface area (Å²) in [6.45, 7) is 4.37. The van der Waals surface area contributed by atoms with Crippen molar-refractivity contribution in [3.05, 3.63) is 53.6 Å². The van der Waals surface area contributed by atoms with E-state index in [4.69, 9.17) is 11.2 Å². The topological polar surface area (TPSA) is 9.23 Å². The monoisotopic (exact) mass is 250 g/mol. The molecule has 0 aliphatic rings. The number of hydrogen-bond acceptors (Lipinski definition) is 1. The molecule has 2 rings (SSSR count). The van der Waals surface area contributed by atoms with Crippen molar-refractivity contribution in [1.82, 2.24) is 0 Å². The van der Waals surface area contributed by atoms with E-state index < -0.39 is 0 Å². The minimum absolute atomic E-state index is 0.500. The molecule has 0 aliphatic heterocycles. The van der Waals surface area contributed by atoms with Crippen molar-refractivity contribution in [2.45, 2.75) is 19.8 Å². The zero-order chi connectivity index (χ0) is 13.8. The van der Waals surface area contributed by atoms with Gasteiger partial charge in [-0.25, -0.2) is 0 Å². The van der Waals surface area contributed by atoms with Crippen LogP contribution in [0, 0.1) is 12.3 Å². The minimum atomic E-state index is 0.500. The summed E-state index contributed by atoms with van der Waals surface area (Å²) < 4.78 is 5.28. The number of rotatable bonds is 3. The van der Waals surface area contributed by atoms with Crippen molar-refractivity contribution in [3.63, 3.8) is 0 Å². The lowest BCUT2D eigenvalue weighted by Crippen LogP contribution is -1.91. The predicted molar refractivity (Wildman–Crippen MR) is 80.5 cm³/mol. The summed E-state index contributed by atoms with van der Waals surface area (Å²) >= 11 is 0. The van der Waals surface area contributed by atoms with Crippen LogP contribution in [-0.2, 0) is 0 Å². The van der Waals surface area contributed by atoms with Crippen LogP contribution in [0.2, 0.25) is 0 Å². The molecule has 0 radical (unpaired) electrons. The third-order valence-electron chi connectivity index (χ3n) is 3.25. The third kappa shape index (κ3) is 2.80. The molecule has 96 valence electrons. The average Bonchev–Trinajstić information content (AvgIpc) is 2.46. The van der Waals surface area contributed by atoms with E-state index in [1.165, 1.54) is 5.56 Å². The van der Waals surface area contributed by atoms with Gasteiger partial charge in [0.2, 0.25) is 0 Å². The zero-order valence-electron chi connectivity index (χ0n) is 11.6. The fourth-order valence-corrected chi connectivity index (χ4v) is 2.08. The lowest BCUT2D eigenvalue weighted by atomic mass is 9.95. The van der Waals surface area contributed by atoms with E-state index >= 15 is 0 Å². The van der Waals surface area contributed by atoms with E-state index in [0.29, 0.717) is 5.92 Å². The normalized spacial score (nSPS) is 10.3. The van der Waals surface area contributed by atoms with Crippen LogP contribution in [0.5, 0.6) is 5.75 Å². The van der Waals surface area contributed by atoms with Crippen LogP contribution in [0.15, 0.2) is 42.5 Å². The molecule has 0 aliphatic carbocycles. The van der Waals surface area contributed by atoms with Crippen molar-refractivity contribution in [2.24, 2.45) is 0 Å². The van der Waals surface area contributed by atoms with Gasteiger partial charge in [-0.2, -0.15) is 0 Å². The Hall–Kier alpha value is -2.20. The van der Waals surface area contributed by atoms with Crippen LogP contribution >= 0.6 is 0 Å². The lowest BCUT2D eigenvalue weighted by Gasteiger charge is -2.11. The summed E-state index contributed by atoms with van der Waals surface area (Å²) in [5.74, 6) is 4.06. The summed E-state index contributed by atoms with van der Waals surface area (Å²) in [5.41, 5.74) is 4.38. The fraction of sp³-hybridized carbons (Fsp3) is 0.222. The van der Waals surface area contributed by atoms with E-state index in [9.17, 15) is 0 Å². The molecule has 0 amide bonds. The maximum absolute atomic E-state index is 5.59. The largest absolute Gasteiger partial charge is 0.497 e. The number of methoxy groups -OCH3 is 1. The molecule has 0 heterocycles. The van der Waals surface area contributed by atoms with Gasteiger partial charge < -0.3 is 4.74 Å². The highest BCUT2D eigenvalue weighted by atomic mass is 16.5. The zero-order valence-corrected chi connectivity index (χ0v) is 11.6. The molecule has 0 atom stereocenters. The van der Waals surface area contributed by atoms with Crippen LogP contribution in [0.4, 0.5) is 0 Å². The number of hydrogen-bond donors (Lipinski definition) is 0. The van der Waals surface area contributed by atoms with E-state index in [-0.39, 0.29) is 0 Å². The van der Waals surface area contributed by atoms with Gasteiger partial charge in [-0.15, -0.1) is 6.42 Å². The maximum atomic E-state index is 5.59. The summed E-state index contributed by atoms with van der Waals surface area (Å²) in [6, 6.07) is 14.3. The minimum Gasteiger partial charge on any atom is -0.497 e. The van der Waals surface area contributed by atoms with Gasteiger partial charge in [0.05, 0.1) is 7.11 Å². The Kier molecular flexibility index (Phi) is 3.92. The second-order valence-electron chi connectivity index (χ2n) is 4.84. The molecular weight excluding hydrogens is 232 g/mol. The molecule has 0 saturated heterocycles. The summed E-state index contributed by atoms with van der Waals surface area (Å²) in [5, 5.41) is 0. The molecule has 2 aromatic carbocycles. The fourth-order valence-electron chi connectivity index (χ4n) is 2.08. The van der Waals surface area contributed by atoms with Crippen molar-refractivity contribution < 1.29 is 4.74 Å². The van der Waals surface area contributed by atoms with E-state index in [0.717, 1.165) is 22.4 Å². The number of ether oxygens (including phenoxy) is 1. The van der Waals surface area contributed by atoms with E-state index in [2.05, 4.69) is 44.0 Å². The van der Waals surface area contributed by atoms with E-state index in [1.54, 1.807) is 7.11 Å². The van der Waals surface area contributed by atoms with Gasteiger partial charge >= 0.3 is 0 Å². The second-order valence-corrected chi connectivity index (χ2v) is 4.84. The Balaban J connectivity index is 2.57. The van der Waals surface area contributed by atoms with Crippen molar-refractivity contribution in [3.8, 4) is 29.2 Å². The van der Waals surface area contributed by atoms with Crippen LogP contribution in [0.1, 0.15) is 30.9 Å². The van der Waals surface area contributed by atoms with Crippen LogP contribution in [0.3, 0.4) is 0 Å². The highest BCUT2D eigenvalue weighted by Crippen LogP contribution is 2.29. The van der Waals surface area contributed by atoms with E-state index in [1.807, 2.05) is 18.2 Å². The Morgan fingerprint density at radius 2 is 1.89 bits per heavy atom. The first-order chi connectivity index (χ1) is 9.15. The number of benzene rings is 2. The maximum Gasteiger partial charge on any atom is 0.119 e. The van der Waals surface area contributed by atoms with Gasteiger partial charge in [0, 0.05) is 11.1 Å². The van der Waals surface area contributed by atoms with Crippen LogP contribution < -0.4 is 4.74 Å². The smallest absolute Gasteiger partial charge is 0.119 e. The molecule has 2 aromatic rings. The van der Waals surface area contributed by atoms with Gasteiger partial charge in [-0.1, -0.05) is 44.0 Å². The van der Waals surface area contributed by atoms with Gasteiger partial charge in [0.15, 0.2) is 0 Å². The molecule has 0 bridgehead atoms. The molecule has 0 fully saturated rings. The Morgan fingerprint density at radius 3 is 2.53 bits per heavy atom. The Bertz CT molecular complexity index is 618. The average molecular weight is 250 g/mol. The SMILES string of the molecule is C#Cc1ccc(OC)cc1-c1cccc(C(C)C)c1. The molecule has 1 heteroatoms. The highest BCUT2D eigenvalue weighted by molar-refractivity contribution is 5.73. The summed E-state index contributed by atoms with van der Waals surface area (Å²) in [4.78, 5) is 0. The standard InChI is InChI=1S/C18H18O/c1-5-14-9-10-17(19-4)12-18(14)16-8-6-7-15(11-16)13(2)3/h1,6-13H,2-4H3. The van der Waals surface area contributed by atoms with Gasteiger partial charge in [0.1, 0.15) is 5.75 Å². The number of terminal acetylenes is 1. The van der Waals surface area contributed by atoms with Crippen LogP contribution in [0.25, 0.3) is 11.1 Å². The lowest BCUT2D eigenvalue weighted by molar-refractivity contribution is 0.415. The molecule has 0 unspecified atom stereocenters. The van der Waals surface area contributed by atoms with Crippen molar-refractivity contribution in [1.29, 1.82) is 0 Å². The molecular formula is C18H18O. The van der Waals surface area contributed by atoms with Gasteiger partial charge in [-0.3, -0.25) is 0 Å². The van der Waals surface area contributed by atoms with Crippen molar-refractivity contribution in [2.75, 3.05) is 7.11 Å². The first kappa shape index (κ1) is 13.2. The first-order valence-electron chi connectivity index (χ1n) is 6.40. The summed E-state index contributed by atoms with van der Waals surface area (Å²) in [6.07, 6.45) is 5.59. The van der Waals surface area contributed by atoms with Crippen molar-refractivity contribution >= 4 is 0 Å². The quantitative estimate of drug-likeness (QED) is 0.730. The summed E-state index contributed by atoms with van der Waals surface area (Å²) in [7, 11) is 1.67. The molecule has 0 aromatic heterocycles. The second kappa shape index (κ2) is 5.63. The van der Waals surface area contributed by atoms with Crippen LogP contribution in [-0.4, -0.2) is 7.11 Å². The van der Waals surface area contributed by atoms with Gasteiger partial charge in [-0.05, 0) is 35.2 Å². The molecule has 19 heavy (non-hydrogen) atoms. The molecule has 0 spiro atoms. The third-order valence-corrected chi connectivity index (χ3v) is 3.25. The van der Waals surface area contributed by atoms with Gasteiger partial charge in [0.25, 0.3) is 0 Å².